The summed E-state index contributed by atoms with van der Waals surface area (Å²) in [5.41, 5.74) is 0.474. The molecule has 2 aliphatic heterocycles. The second-order valence-corrected chi connectivity index (χ2v) is 7.69. The van der Waals surface area contributed by atoms with Crippen LogP contribution in [-0.2, 0) is 19.1 Å². The Labute approximate surface area is 168 Å². The van der Waals surface area contributed by atoms with Crippen LogP contribution >= 0.6 is 11.6 Å². The molecule has 2 amide bonds. The number of nitrogens with zero attached hydrogens (tertiary/aromatic N) is 1. The maximum absolute atomic E-state index is 11.9. The van der Waals surface area contributed by atoms with Crippen molar-refractivity contribution in [3.05, 3.63) is 23.2 Å². The van der Waals surface area contributed by atoms with Gasteiger partial charge in [0.05, 0.1) is 29.8 Å². The van der Waals surface area contributed by atoms with Crippen LogP contribution in [0, 0.1) is 0 Å². The van der Waals surface area contributed by atoms with E-state index in [4.69, 9.17) is 11.6 Å². The third kappa shape index (κ3) is 4.74. The topological polar surface area (TPSA) is 108 Å². The first-order valence-electron chi connectivity index (χ1n) is 9.23. The zero-order valence-corrected chi connectivity index (χ0v) is 16.4. The van der Waals surface area contributed by atoms with E-state index in [0.717, 1.165) is 5.69 Å². The number of halogens is 1. The van der Waals surface area contributed by atoms with E-state index < -0.39 is 17.6 Å². The number of methoxy groups -OCH3 is 1. The van der Waals surface area contributed by atoms with Gasteiger partial charge in [0.25, 0.3) is 0 Å². The van der Waals surface area contributed by atoms with E-state index in [1.54, 1.807) is 6.07 Å². The van der Waals surface area contributed by atoms with Gasteiger partial charge in [-0.2, -0.15) is 0 Å². The molecule has 2 fully saturated rings. The van der Waals surface area contributed by atoms with Crippen molar-refractivity contribution in [2.24, 2.45) is 0 Å². The Morgan fingerprint density at radius 1 is 1.39 bits per heavy atom. The zero-order valence-electron chi connectivity index (χ0n) is 15.7. The number of aliphatic hydroxyl groups is 1. The average Bonchev–Trinajstić information content (AvgIpc) is 2.65. The summed E-state index contributed by atoms with van der Waals surface area (Å²) in [6.07, 6.45) is 1.61. The lowest BCUT2D eigenvalue weighted by Crippen LogP contribution is -2.47. The lowest BCUT2D eigenvalue weighted by atomic mass is 9.88. The van der Waals surface area contributed by atoms with Gasteiger partial charge in [-0.05, 0) is 37.5 Å². The second-order valence-electron chi connectivity index (χ2n) is 7.28. The lowest BCUT2D eigenvalue weighted by Gasteiger charge is -2.39. The molecule has 1 aromatic carbocycles. The van der Waals surface area contributed by atoms with Gasteiger partial charge in [0.2, 0.25) is 11.8 Å². The highest BCUT2D eigenvalue weighted by atomic mass is 35.5. The van der Waals surface area contributed by atoms with E-state index in [0.29, 0.717) is 49.5 Å². The molecule has 0 saturated carbocycles. The maximum atomic E-state index is 11.9. The second kappa shape index (κ2) is 8.36. The van der Waals surface area contributed by atoms with Gasteiger partial charge in [0, 0.05) is 25.2 Å². The first-order valence-corrected chi connectivity index (χ1v) is 9.61. The number of esters is 1. The Hall–Kier alpha value is -2.32. The Morgan fingerprint density at radius 3 is 2.71 bits per heavy atom. The molecule has 8 nitrogen and oxygen atoms in total. The monoisotopic (exact) mass is 409 g/mol. The van der Waals surface area contributed by atoms with Crippen molar-refractivity contribution in [3.8, 4) is 0 Å². The van der Waals surface area contributed by atoms with Crippen molar-refractivity contribution in [2.45, 2.75) is 43.7 Å². The Kier molecular flexibility index (Phi) is 6.10. The fourth-order valence-electron chi connectivity index (χ4n) is 3.57. The van der Waals surface area contributed by atoms with Gasteiger partial charge in [-0.25, -0.2) is 0 Å². The molecule has 3 N–H and O–H groups in total. The van der Waals surface area contributed by atoms with E-state index in [9.17, 15) is 19.5 Å². The zero-order chi connectivity index (χ0) is 20.3. The Bertz CT molecular complexity index is 777. The van der Waals surface area contributed by atoms with Crippen molar-refractivity contribution in [3.63, 3.8) is 0 Å². The number of imide groups is 1. The Morgan fingerprint density at radius 2 is 2.11 bits per heavy atom. The molecular weight excluding hydrogens is 386 g/mol. The number of carbonyl (C=O) groups excluding carboxylic acids is 3. The molecule has 28 heavy (non-hydrogen) atoms. The standard InChI is InChI=1S/C19H24ClN3O5/c1-28-17(25)11-19(27)6-8-23(9-7-19)15-4-2-12(10-13(15)20)21-14-3-5-16(24)22-18(14)26/h2,4,10,14,21,27H,3,5-9,11H2,1H3,(H,22,24,26). The van der Waals surface area contributed by atoms with Gasteiger partial charge in [-0.1, -0.05) is 11.6 Å². The minimum absolute atomic E-state index is 0.0140. The molecule has 1 unspecified atom stereocenters. The fraction of sp³-hybridized carbons (Fsp3) is 0.526. The molecule has 3 rings (SSSR count). The van der Waals surface area contributed by atoms with Crippen molar-refractivity contribution >= 4 is 40.8 Å². The molecule has 2 heterocycles. The number of anilines is 2. The van der Waals surface area contributed by atoms with E-state index in [-0.39, 0.29) is 18.2 Å². The highest BCUT2D eigenvalue weighted by Crippen LogP contribution is 2.34. The van der Waals surface area contributed by atoms with Crippen LogP contribution in [0.1, 0.15) is 32.1 Å². The summed E-state index contributed by atoms with van der Waals surface area (Å²) in [7, 11) is 1.31. The van der Waals surface area contributed by atoms with E-state index in [1.165, 1.54) is 7.11 Å². The van der Waals surface area contributed by atoms with Crippen LogP contribution in [0.15, 0.2) is 18.2 Å². The highest BCUT2D eigenvalue weighted by molar-refractivity contribution is 6.33. The number of hydrogen-bond donors (Lipinski definition) is 3. The summed E-state index contributed by atoms with van der Waals surface area (Å²) in [6, 6.07) is 4.97. The minimum atomic E-state index is -1.05. The lowest BCUT2D eigenvalue weighted by molar-refractivity contribution is -0.147. The summed E-state index contributed by atoms with van der Waals surface area (Å²) in [4.78, 5) is 36.6. The third-order valence-corrected chi connectivity index (χ3v) is 5.57. The van der Waals surface area contributed by atoms with Crippen molar-refractivity contribution in [1.82, 2.24) is 5.32 Å². The van der Waals surface area contributed by atoms with Crippen LogP contribution in [0.25, 0.3) is 0 Å². The quantitative estimate of drug-likeness (QED) is 0.499. The molecule has 0 bridgehead atoms. The number of benzene rings is 1. The summed E-state index contributed by atoms with van der Waals surface area (Å²) in [5, 5.41) is 16.5. The van der Waals surface area contributed by atoms with E-state index in [1.807, 2.05) is 12.1 Å². The fourth-order valence-corrected chi connectivity index (χ4v) is 3.87. The van der Waals surface area contributed by atoms with Crippen LogP contribution in [-0.4, -0.2) is 54.7 Å². The third-order valence-electron chi connectivity index (χ3n) is 5.26. The maximum Gasteiger partial charge on any atom is 0.308 e. The molecule has 2 saturated heterocycles. The van der Waals surface area contributed by atoms with Gasteiger partial charge < -0.3 is 20.1 Å². The smallest absolute Gasteiger partial charge is 0.308 e. The number of rotatable bonds is 5. The number of carbonyl (C=O) groups is 3. The first-order chi connectivity index (χ1) is 13.3. The molecule has 0 radical (unpaired) electrons. The number of ether oxygens (including phenoxy) is 1. The van der Waals surface area contributed by atoms with Gasteiger partial charge in [0.15, 0.2) is 0 Å². The molecule has 1 atom stereocenters. The number of hydrogen-bond acceptors (Lipinski definition) is 7. The van der Waals surface area contributed by atoms with Gasteiger partial charge >= 0.3 is 5.97 Å². The molecule has 0 aliphatic carbocycles. The molecule has 2 aliphatic rings. The van der Waals surface area contributed by atoms with Crippen LogP contribution < -0.4 is 15.5 Å². The van der Waals surface area contributed by atoms with E-state index in [2.05, 4.69) is 20.3 Å². The van der Waals surface area contributed by atoms with Crippen molar-refractivity contribution in [2.75, 3.05) is 30.4 Å². The predicted molar refractivity (Wildman–Crippen MR) is 104 cm³/mol. The summed E-state index contributed by atoms with van der Waals surface area (Å²) >= 11 is 6.44. The molecule has 0 aromatic heterocycles. The van der Waals surface area contributed by atoms with Gasteiger partial charge in [-0.3, -0.25) is 19.7 Å². The van der Waals surface area contributed by atoms with Crippen LogP contribution in [0.3, 0.4) is 0 Å². The number of piperidine rings is 2. The molecular formula is C19H24ClN3O5. The highest BCUT2D eigenvalue weighted by Gasteiger charge is 2.35. The molecule has 152 valence electrons. The van der Waals surface area contributed by atoms with Gasteiger partial charge in [-0.15, -0.1) is 0 Å². The Balaban J connectivity index is 1.61. The first kappa shape index (κ1) is 20.4. The van der Waals surface area contributed by atoms with Crippen LogP contribution in [0.4, 0.5) is 11.4 Å². The largest absolute Gasteiger partial charge is 0.469 e. The molecule has 1 aromatic rings. The van der Waals surface area contributed by atoms with Gasteiger partial charge in [0.1, 0.15) is 6.04 Å². The SMILES string of the molecule is COC(=O)CC1(O)CCN(c2ccc(NC3CCC(=O)NC3=O)cc2Cl)CC1. The average molecular weight is 410 g/mol. The van der Waals surface area contributed by atoms with Crippen LogP contribution in [0.5, 0.6) is 0 Å². The summed E-state index contributed by atoms with van der Waals surface area (Å²) in [5.74, 6) is -1.01. The molecule has 9 heteroatoms. The van der Waals surface area contributed by atoms with E-state index >= 15 is 0 Å². The molecule has 0 spiro atoms. The normalized spacial score (nSPS) is 21.8. The van der Waals surface area contributed by atoms with Crippen LogP contribution in [0.2, 0.25) is 5.02 Å². The predicted octanol–water partition coefficient (Wildman–Crippen LogP) is 1.45. The minimum Gasteiger partial charge on any atom is -0.469 e. The van der Waals surface area contributed by atoms with Crippen molar-refractivity contribution < 1.29 is 24.2 Å². The summed E-state index contributed by atoms with van der Waals surface area (Å²) < 4.78 is 4.65. The number of nitrogens with one attached hydrogen (secondary N) is 2. The number of amides is 2. The summed E-state index contributed by atoms with van der Waals surface area (Å²) in [6.45, 7) is 1.13. The van der Waals surface area contributed by atoms with Crippen molar-refractivity contribution in [1.29, 1.82) is 0 Å².